The van der Waals surface area contributed by atoms with Gasteiger partial charge in [0.15, 0.2) is 0 Å². The van der Waals surface area contributed by atoms with E-state index in [0.717, 1.165) is 12.3 Å². The second-order valence-electron chi connectivity index (χ2n) is 5.78. The van der Waals surface area contributed by atoms with Gasteiger partial charge in [-0.1, -0.05) is 46.5 Å². The summed E-state index contributed by atoms with van der Waals surface area (Å²) in [6, 6.07) is 0. The largest absolute Gasteiger partial charge is 0.396 e. The van der Waals surface area contributed by atoms with Crippen LogP contribution in [0, 0.1) is 5.92 Å². The summed E-state index contributed by atoms with van der Waals surface area (Å²) in [7, 11) is 2.21. The highest BCUT2D eigenvalue weighted by Crippen LogP contribution is 2.17. The van der Waals surface area contributed by atoms with Crippen LogP contribution < -0.4 is 0 Å². The van der Waals surface area contributed by atoms with Gasteiger partial charge >= 0.3 is 0 Å². The molecule has 0 spiro atoms. The zero-order valence-corrected chi connectivity index (χ0v) is 14.4. The highest BCUT2D eigenvalue weighted by Gasteiger charge is 2.12. The minimum absolute atomic E-state index is 0.361. The predicted octanol–water partition coefficient (Wildman–Crippen LogP) is 3.23. The van der Waals surface area contributed by atoms with Crippen LogP contribution >= 0.6 is 0 Å². The zero-order valence-electron chi connectivity index (χ0n) is 14.4. The van der Waals surface area contributed by atoms with Gasteiger partial charge in [-0.15, -0.1) is 0 Å². The van der Waals surface area contributed by atoms with Crippen molar-refractivity contribution < 1.29 is 5.11 Å². The van der Waals surface area contributed by atoms with Gasteiger partial charge in [0.05, 0.1) is 0 Å². The Morgan fingerprint density at radius 3 is 2.15 bits per heavy atom. The number of hydrogen-bond acceptors (Lipinski definition) is 3. The molecule has 0 aromatic carbocycles. The number of aliphatic hydroxyl groups excluding tert-OH is 1. The van der Waals surface area contributed by atoms with Crippen LogP contribution in [0.5, 0.6) is 0 Å². The van der Waals surface area contributed by atoms with Crippen LogP contribution in [0.15, 0.2) is 0 Å². The van der Waals surface area contributed by atoms with Gasteiger partial charge < -0.3 is 14.9 Å². The Morgan fingerprint density at radius 1 is 0.950 bits per heavy atom. The lowest BCUT2D eigenvalue weighted by molar-refractivity contribution is 0.151. The first kappa shape index (κ1) is 19.9. The summed E-state index contributed by atoms with van der Waals surface area (Å²) in [6.07, 6.45) is 7.56. The molecule has 1 aliphatic rings. The van der Waals surface area contributed by atoms with Crippen molar-refractivity contribution in [2.45, 2.75) is 59.3 Å². The first-order valence-electron chi connectivity index (χ1n) is 8.78. The third-order valence-corrected chi connectivity index (χ3v) is 4.30. The van der Waals surface area contributed by atoms with Gasteiger partial charge in [-0.05, 0) is 32.4 Å². The molecule has 1 heterocycles. The Kier molecular flexibility index (Phi) is 13.8. The number of aliphatic hydroxyl groups is 1. The summed E-state index contributed by atoms with van der Waals surface area (Å²) in [5, 5.41) is 8.95. The molecule has 1 aliphatic heterocycles. The van der Waals surface area contributed by atoms with Gasteiger partial charge in [0.1, 0.15) is 0 Å². The summed E-state index contributed by atoms with van der Waals surface area (Å²) in [5.41, 5.74) is 0. The molecule has 1 rings (SSSR count). The fraction of sp³-hybridized carbons (Fsp3) is 1.00. The molecule has 0 bridgehead atoms. The Hall–Kier alpha value is -0.120. The Labute approximate surface area is 127 Å². The second-order valence-corrected chi connectivity index (χ2v) is 5.78. The zero-order chi connectivity index (χ0) is 15.2. The van der Waals surface area contributed by atoms with Gasteiger partial charge in [0.2, 0.25) is 0 Å². The maximum absolute atomic E-state index is 8.95. The normalized spacial score (nSPS) is 18.4. The topological polar surface area (TPSA) is 26.7 Å². The van der Waals surface area contributed by atoms with Gasteiger partial charge in [0.25, 0.3) is 0 Å². The molecule has 0 amide bonds. The van der Waals surface area contributed by atoms with Crippen molar-refractivity contribution in [3.63, 3.8) is 0 Å². The Morgan fingerprint density at radius 2 is 1.60 bits per heavy atom. The monoisotopic (exact) mass is 286 g/mol. The fourth-order valence-electron chi connectivity index (χ4n) is 2.75. The summed E-state index contributed by atoms with van der Waals surface area (Å²) in [4.78, 5) is 5.02. The first-order valence-corrected chi connectivity index (χ1v) is 8.78. The van der Waals surface area contributed by atoms with Crippen LogP contribution in [0.3, 0.4) is 0 Å². The molecule has 0 radical (unpaired) electrons. The number of rotatable bonds is 9. The van der Waals surface area contributed by atoms with Crippen LogP contribution in [0.1, 0.15) is 59.3 Å². The molecule has 0 aromatic rings. The molecule has 0 aromatic heterocycles. The van der Waals surface area contributed by atoms with Crippen molar-refractivity contribution in [3.05, 3.63) is 0 Å². The van der Waals surface area contributed by atoms with Crippen LogP contribution in [-0.2, 0) is 0 Å². The smallest absolute Gasteiger partial charge is 0.0433 e. The molecule has 1 saturated heterocycles. The van der Waals surface area contributed by atoms with E-state index in [4.69, 9.17) is 5.11 Å². The standard InChI is InChI=1S/C15H32N2O.C2H6/c1-3-15(8-14-18)7-5-4-6-9-17-12-10-16(2)11-13-17;1-2/h15,18H,3-14H2,1-2H3;1-2H3. The highest BCUT2D eigenvalue weighted by molar-refractivity contribution is 4.69. The van der Waals surface area contributed by atoms with Crippen molar-refractivity contribution in [3.8, 4) is 0 Å². The van der Waals surface area contributed by atoms with E-state index in [-0.39, 0.29) is 0 Å². The summed E-state index contributed by atoms with van der Waals surface area (Å²) >= 11 is 0. The molecule has 1 N–H and O–H groups in total. The summed E-state index contributed by atoms with van der Waals surface area (Å²) < 4.78 is 0. The molecular weight excluding hydrogens is 248 g/mol. The average molecular weight is 287 g/mol. The van der Waals surface area contributed by atoms with E-state index in [1.54, 1.807) is 0 Å². The lowest BCUT2D eigenvalue weighted by Crippen LogP contribution is -2.44. The van der Waals surface area contributed by atoms with Crippen molar-refractivity contribution in [1.82, 2.24) is 9.80 Å². The number of piperazine rings is 1. The molecule has 3 heteroatoms. The van der Waals surface area contributed by atoms with E-state index in [9.17, 15) is 0 Å². The summed E-state index contributed by atoms with van der Waals surface area (Å²) in [6.45, 7) is 12.8. The molecule has 20 heavy (non-hydrogen) atoms. The van der Waals surface area contributed by atoms with Gasteiger partial charge in [-0.25, -0.2) is 0 Å². The van der Waals surface area contributed by atoms with E-state index in [2.05, 4.69) is 23.8 Å². The van der Waals surface area contributed by atoms with E-state index in [1.165, 1.54) is 64.8 Å². The van der Waals surface area contributed by atoms with Gasteiger partial charge in [-0.2, -0.15) is 0 Å². The molecule has 1 unspecified atom stereocenters. The van der Waals surface area contributed by atoms with E-state index in [1.807, 2.05) is 13.8 Å². The summed E-state index contributed by atoms with van der Waals surface area (Å²) in [5.74, 6) is 0.749. The number of unbranched alkanes of at least 4 members (excludes halogenated alkanes) is 2. The lowest BCUT2D eigenvalue weighted by atomic mass is 9.95. The minimum Gasteiger partial charge on any atom is -0.396 e. The van der Waals surface area contributed by atoms with Crippen molar-refractivity contribution in [1.29, 1.82) is 0 Å². The SMILES string of the molecule is CC.CCC(CCO)CCCCCN1CCN(C)CC1. The van der Waals surface area contributed by atoms with Crippen LogP contribution in [0.4, 0.5) is 0 Å². The van der Waals surface area contributed by atoms with E-state index in [0.29, 0.717) is 6.61 Å². The van der Waals surface area contributed by atoms with Crippen molar-refractivity contribution in [2.24, 2.45) is 5.92 Å². The Balaban J connectivity index is 0.00000172. The maximum Gasteiger partial charge on any atom is 0.0433 e. The van der Waals surface area contributed by atoms with Crippen molar-refractivity contribution >= 4 is 0 Å². The van der Waals surface area contributed by atoms with Crippen LogP contribution in [0.25, 0.3) is 0 Å². The van der Waals surface area contributed by atoms with Gasteiger partial charge in [-0.3, -0.25) is 0 Å². The molecule has 1 atom stereocenters. The van der Waals surface area contributed by atoms with Crippen LogP contribution in [0.2, 0.25) is 0 Å². The predicted molar refractivity (Wildman–Crippen MR) is 89.2 cm³/mol. The molecule has 3 nitrogen and oxygen atoms in total. The fourth-order valence-corrected chi connectivity index (χ4v) is 2.75. The maximum atomic E-state index is 8.95. The molecule has 0 aliphatic carbocycles. The Bertz CT molecular complexity index is 191. The third-order valence-electron chi connectivity index (χ3n) is 4.30. The number of likely N-dealkylation sites (N-methyl/N-ethyl adjacent to an activating group) is 1. The second kappa shape index (κ2) is 13.8. The quantitative estimate of drug-likeness (QED) is 0.659. The molecule has 1 fully saturated rings. The third kappa shape index (κ3) is 9.73. The van der Waals surface area contributed by atoms with Crippen molar-refractivity contribution in [2.75, 3.05) is 46.4 Å². The van der Waals surface area contributed by atoms with Crippen LogP contribution in [-0.4, -0.2) is 61.3 Å². The number of hydrogen-bond donors (Lipinski definition) is 1. The highest BCUT2D eigenvalue weighted by atomic mass is 16.3. The number of nitrogens with zero attached hydrogens (tertiary/aromatic N) is 2. The lowest BCUT2D eigenvalue weighted by Gasteiger charge is -2.32. The molecule has 0 saturated carbocycles. The van der Waals surface area contributed by atoms with E-state index < -0.39 is 0 Å². The molecule has 122 valence electrons. The average Bonchev–Trinajstić information content (AvgIpc) is 2.49. The van der Waals surface area contributed by atoms with E-state index >= 15 is 0 Å². The molecular formula is C17H38N2O. The van der Waals surface area contributed by atoms with Gasteiger partial charge in [0, 0.05) is 32.8 Å². The minimum atomic E-state index is 0.361. The first-order chi connectivity index (χ1) is 9.76.